The normalized spacial score (nSPS) is 26.5. The van der Waals surface area contributed by atoms with Gasteiger partial charge in [-0.2, -0.15) is 0 Å². The van der Waals surface area contributed by atoms with E-state index in [-0.39, 0.29) is 5.91 Å². The van der Waals surface area contributed by atoms with Crippen LogP contribution in [0.15, 0.2) is 0 Å². The fourth-order valence-electron chi connectivity index (χ4n) is 3.85. The van der Waals surface area contributed by atoms with E-state index in [0.717, 1.165) is 19.6 Å². The van der Waals surface area contributed by atoms with Crippen LogP contribution in [0.5, 0.6) is 0 Å². The number of carbonyl (C=O) groups excluding carboxylic acids is 1. The van der Waals surface area contributed by atoms with Gasteiger partial charge in [0.2, 0.25) is 5.91 Å². The third-order valence-electron chi connectivity index (χ3n) is 5.11. The summed E-state index contributed by atoms with van der Waals surface area (Å²) in [5.74, 6) is 0.917. The molecule has 2 unspecified atom stereocenters. The molecule has 0 bridgehead atoms. The summed E-state index contributed by atoms with van der Waals surface area (Å²) in [6.07, 6.45) is 8.74. The summed E-state index contributed by atoms with van der Waals surface area (Å²) < 4.78 is 0. The minimum Gasteiger partial charge on any atom is -0.352 e. The van der Waals surface area contributed by atoms with Crippen molar-refractivity contribution in [3.63, 3.8) is 0 Å². The van der Waals surface area contributed by atoms with Crippen molar-refractivity contribution in [2.24, 2.45) is 5.92 Å². The Morgan fingerprint density at radius 1 is 1.19 bits per heavy atom. The van der Waals surface area contributed by atoms with Crippen molar-refractivity contribution >= 4 is 5.91 Å². The molecule has 1 heterocycles. The predicted octanol–water partition coefficient (Wildman–Crippen LogP) is 2.15. The van der Waals surface area contributed by atoms with E-state index in [1.807, 2.05) is 0 Å². The molecule has 0 aromatic carbocycles. The lowest BCUT2D eigenvalue weighted by molar-refractivity contribution is -0.123. The Hall–Kier alpha value is -0.610. The van der Waals surface area contributed by atoms with E-state index < -0.39 is 0 Å². The van der Waals surface area contributed by atoms with E-state index in [9.17, 15) is 4.79 Å². The van der Waals surface area contributed by atoms with Crippen LogP contribution < -0.4 is 10.6 Å². The molecule has 0 spiro atoms. The number of piperidine rings is 1. The SMILES string of the molecule is CCNC(C)C1CCCN(CC(=O)NC2CCCCC2)C1. The van der Waals surface area contributed by atoms with Crippen molar-refractivity contribution in [2.45, 2.75) is 70.9 Å². The van der Waals surface area contributed by atoms with Gasteiger partial charge in [-0.25, -0.2) is 0 Å². The monoisotopic (exact) mass is 295 g/mol. The van der Waals surface area contributed by atoms with Gasteiger partial charge in [0, 0.05) is 18.6 Å². The first-order valence-corrected chi connectivity index (χ1v) is 8.94. The van der Waals surface area contributed by atoms with Crippen molar-refractivity contribution in [3.05, 3.63) is 0 Å². The van der Waals surface area contributed by atoms with Crippen LogP contribution >= 0.6 is 0 Å². The third kappa shape index (κ3) is 5.59. The Balaban J connectivity index is 1.72. The van der Waals surface area contributed by atoms with Gasteiger partial charge in [0.05, 0.1) is 6.54 Å². The molecule has 2 N–H and O–H groups in total. The highest BCUT2D eigenvalue weighted by Gasteiger charge is 2.26. The fourth-order valence-corrected chi connectivity index (χ4v) is 3.85. The number of hydrogen-bond acceptors (Lipinski definition) is 3. The molecule has 122 valence electrons. The van der Waals surface area contributed by atoms with Crippen molar-refractivity contribution in [2.75, 3.05) is 26.2 Å². The van der Waals surface area contributed by atoms with Crippen LogP contribution in [0.1, 0.15) is 58.8 Å². The standard InChI is InChI=1S/C17H33N3O/c1-3-18-14(2)15-8-7-11-20(12-15)13-17(21)19-16-9-5-4-6-10-16/h14-16,18H,3-13H2,1-2H3,(H,19,21). The van der Waals surface area contributed by atoms with Crippen molar-refractivity contribution in [1.82, 2.24) is 15.5 Å². The minimum absolute atomic E-state index is 0.235. The Bertz CT molecular complexity index is 315. The van der Waals surface area contributed by atoms with Crippen LogP contribution in [-0.4, -0.2) is 49.1 Å². The van der Waals surface area contributed by atoms with Crippen LogP contribution in [0.2, 0.25) is 0 Å². The lowest BCUT2D eigenvalue weighted by Crippen LogP contribution is -2.48. The summed E-state index contributed by atoms with van der Waals surface area (Å²) in [7, 11) is 0. The first-order valence-electron chi connectivity index (χ1n) is 8.94. The maximum atomic E-state index is 12.2. The first-order chi connectivity index (χ1) is 10.2. The molecule has 1 saturated heterocycles. The average molecular weight is 295 g/mol. The molecule has 1 saturated carbocycles. The van der Waals surface area contributed by atoms with E-state index in [0.29, 0.717) is 24.5 Å². The predicted molar refractivity (Wildman–Crippen MR) is 87.3 cm³/mol. The van der Waals surface area contributed by atoms with Crippen LogP contribution in [-0.2, 0) is 4.79 Å². The van der Waals surface area contributed by atoms with Gasteiger partial charge in [-0.05, 0) is 51.6 Å². The van der Waals surface area contributed by atoms with E-state index in [1.54, 1.807) is 0 Å². The number of nitrogens with one attached hydrogen (secondary N) is 2. The van der Waals surface area contributed by atoms with Crippen molar-refractivity contribution in [3.8, 4) is 0 Å². The number of likely N-dealkylation sites (tertiary alicyclic amines) is 1. The zero-order chi connectivity index (χ0) is 15.1. The topological polar surface area (TPSA) is 44.4 Å². The molecule has 0 aromatic heterocycles. The molecular weight excluding hydrogens is 262 g/mol. The summed E-state index contributed by atoms with van der Waals surface area (Å²) in [5.41, 5.74) is 0. The Kier molecular flexibility index (Phi) is 6.97. The highest BCUT2D eigenvalue weighted by molar-refractivity contribution is 5.78. The Labute approximate surface area is 130 Å². The molecular formula is C17H33N3O. The molecule has 1 aliphatic carbocycles. The highest BCUT2D eigenvalue weighted by atomic mass is 16.2. The lowest BCUT2D eigenvalue weighted by atomic mass is 9.91. The van der Waals surface area contributed by atoms with Gasteiger partial charge in [-0.15, -0.1) is 0 Å². The number of rotatable bonds is 6. The number of hydrogen-bond donors (Lipinski definition) is 2. The van der Waals surface area contributed by atoms with E-state index >= 15 is 0 Å². The molecule has 0 radical (unpaired) electrons. The number of amides is 1. The van der Waals surface area contributed by atoms with Gasteiger partial charge in [-0.1, -0.05) is 26.2 Å². The smallest absolute Gasteiger partial charge is 0.234 e. The van der Waals surface area contributed by atoms with Crippen LogP contribution in [0.4, 0.5) is 0 Å². The Morgan fingerprint density at radius 2 is 1.95 bits per heavy atom. The summed E-state index contributed by atoms with van der Waals surface area (Å²) in [6, 6.07) is 0.992. The second-order valence-corrected chi connectivity index (χ2v) is 6.89. The molecule has 2 atom stereocenters. The van der Waals surface area contributed by atoms with Gasteiger partial charge in [0.25, 0.3) is 0 Å². The molecule has 1 amide bonds. The van der Waals surface area contributed by atoms with Gasteiger partial charge in [-0.3, -0.25) is 9.69 Å². The van der Waals surface area contributed by atoms with E-state index in [2.05, 4.69) is 29.4 Å². The van der Waals surface area contributed by atoms with Crippen molar-refractivity contribution in [1.29, 1.82) is 0 Å². The molecule has 1 aliphatic heterocycles. The Morgan fingerprint density at radius 3 is 2.67 bits per heavy atom. The molecule has 21 heavy (non-hydrogen) atoms. The zero-order valence-corrected chi connectivity index (χ0v) is 13.9. The number of nitrogens with zero attached hydrogens (tertiary/aromatic N) is 1. The summed E-state index contributed by atoms with van der Waals surface area (Å²) in [6.45, 7) is 8.19. The van der Waals surface area contributed by atoms with E-state index in [1.165, 1.54) is 44.9 Å². The molecule has 2 fully saturated rings. The molecule has 0 aromatic rings. The van der Waals surface area contributed by atoms with Crippen LogP contribution in [0.3, 0.4) is 0 Å². The van der Waals surface area contributed by atoms with Gasteiger partial charge in [0.15, 0.2) is 0 Å². The van der Waals surface area contributed by atoms with Gasteiger partial charge in [0.1, 0.15) is 0 Å². The van der Waals surface area contributed by atoms with Gasteiger partial charge >= 0.3 is 0 Å². The third-order valence-corrected chi connectivity index (χ3v) is 5.11. The lowest BCUT2D eigenvalue weighted by Gasteiger charge is -2.36. The highest BCUT2D eigenvalue weighted by Crippen LogP contribution is 2.20. The maximum absolute atomic E-state index is 12.2. The molecule has 4 heteroatoms. The minimum atomic E-state index is 0.235. The maximum Gasteiger partial charge on any atom is 0.234 e. The van der Waals surface area contributed by atoms with Crippen LogP contribution in [0, 0.1) is 5.92 Å². The fraction of sp³-hybridized carbons (Fsp3) is 0.941. The summed E-state index contributed by atoms with van der Waals surface area (Å²) in [5, 5.41) is 6.77. The quantitative estimate of drug-likeness (QED) is 0.789. The summed E-state index contributed by atoms with van der Waals surface area (Å²) >= 11 is 0. The molecule has 4 nitrogen and oxygen atoms in total. The van der Waals surface area contributed by atoms with Gasteiger partial charge < -0.3 is 10.6 Å². The van der Waals surface area contributed by atoms with Crippen molar-refractivity contribution < 1.29 is 4.79 Å². The molecule has 2 rings (SSSR count). The largest absolute Gasteiger partial charge is 0.352 e. The first kappa shape index (κ1) is 16.8. The summed E-state index contributed by atoms with van der Waals surface area (Å²) in [4.78, 5) is 14.6. The van der Waals surface area contributed by atoms with Crippen LogP contribution in [0.25, 0.3) is 0 Å². The second kappa shape index (κ2) is 8.74. The number of carbonyl (C=O) groups is 1. The molecule has 2 aliphatic rings. The zero-order valence-electron chi connectivity index (χ0n) is 13.9. The second-order valence-electron chi connectivity index (χ2n) is 6.89. The average Bonchev–Trinajstić information content (AvgIpc) is 2.48. The van der Waals surface area contributed by atoms with E-state index in [4.69, 9.17) is 0 Å².